The number of thiophene rings is 1. The largest absolute Gasteiger partial charge is 0.481 e. The van der Waals surface area contributed by atoms with Crippen molar-refractivity contribution in [1.82, 2.24) is 9.55 Å². The van der Waals surface area contributed by atoms with Crippen molar-refractivity contribution in [1.29, 1.82) is 0 Å². The number of aliphatic hydroxyl groups is 2. The van der Waals surface area contributed by atoms with Gasteiger partial charge in [-0.15, -0.1) is 11.3 Å². The average Bonchev–Trinajstić information content (AvgIpc) is 3.33. The lowest BCUT2D eigenvalue weighted by Crippen LogP contribution is -2.23. The van der Waals surface area contributed by atoms with Crippen LogP contribution in [-0.4, -0.2) is 43.0 Å². The van der Waals surface area contributed by atoms with E-state index in [9.17, 15) is 32.6 Å². The summed E-state index contributed by atoms with van der Waals surface area (Å²) in [6.45, 7) is -0.281. The van der Waals surface area contributed by atoms with E-state index in [4.69, 9.17) is 5.11 Å². The van der Waals surface area contributed by atoms with E-state index in [0.29, 0.717) is 10.4 Å². The van der Waals surface area contributed by atoms with Crippen LogP contribution in [0.25, 0.3) is 21.8 Å². The molecule has 172 valence electrons. The molecule has 0 amide bonds. The molecule has 6 nitrogen and oxygen atoms in total. The molecule has 0 bridgehead atoms. The molecular weight excluding hydrogens is 452 g/mol. The fourth-order valence-corrected chi connectivity index (χ4v) is 4.13. The van der Waals surface area contributed by atoms with Crippen LogP contribution >= 0.6 is 11.3 Å². The molecule has 3 rings (SSSR count). The molecule has 0 aliphatic rings. The van der Waals surface area contributed by atoms with Gasteiger partial charge in [-0.2, -0.15) is 13.2 Å². The third-order valence-corrected chi connectivity index (χ3v) is 5.61. The molecule has 0 unspecified atom stereocenters. The Bertz CT molecular complexity index is 1050. The molecular formula is C21H20F4N2O4S. The van der Waals surface area contributed by atoms with Gasteiger partial charge in [0, 0.05) is 12.1 Å². The Hall–Kier alpha value is -2.76. The number of aliphatic carboxylic acids is 1. The maximum Gasteiger partial charge on any atom is 0.449 e. The van der Waals surface area contributed by atoms with Crippen LogP contribution in [0.4, 0.5) is 17.6 Å². The van der Waals surface area contributed by atoms with Crippen LogP contribution in [0.2, 0.25) is 0 Å². The molecule has 2 aromatic heterocycles. The zero-order valence-electron chi connectivity index (χ0n) is 16.6. The van der Waals surface area contributed by atoms with E-state index in [1.54, 1.807) is 17.5 Å². The summed E-state index contributed by atoms with van der Waals surface area (Å²) in [5.74, 6) is -2.95. The molecule has 0 saturated heterocycles. The highest BCUT2D eigenvalue weighted by atomic mass is 32.1. The number of hydrogen-bond acceptors (Lipinski definition) is 5. The second kappa shape index (κ2) is 9.80. The van der Waals surface area contributed by atoms with Gasteiger partial charge in [0.2, 0.25) is 5.82 Å². The highest BCUT2D eigenvalue weighted by Crippen LogP contribution is 2.40. The number of carboxylic acids is 1. The van der Waals surface area contributed by atoms with Gasteiger partial charge in [-0.3, -0.25) is 4.79 Å². The highest BCUT2D eigenvalue weighted by molar-refractivity contribution is 7.13. The van der Waals surface area contributed by atoms with Crippen molar-refractivity contribution >= 4 is 17.3 Å². The number of aromatic nitrogens is 2. The van der Waals surface area contributed by atoms with Crippen LogP contribution in [0.3, 0.4) is 0 Å². The van der Waals surface area contributed by atoms with Gasteiger partial charge >= 0.3 is 12.1 Å². The van der Waals surface area contributed by atoms with Crippen LogP contribution in [0, 0.1) is 5.82 Å². The van der Waals surface area contributed by atoms with Crippen molar-refractivity contribution < 1.29 is 37.7 Å². The van der Waals surface area contributed by atoms with E-state index in [2.05, 4.69) is 4.98 Å². The van der Waals surface area contributed by atoms with Gasteiger partial charge in [0.1, 0.15) is 5.82 Å². The van der Waals surface area contributed by atoms with Gasteiger partial charge in [-0.1, -0.05) is 6.07 Å². The summed E-state index contributed by atoms with van der Waals surface area (Å²) in [4.78, 5) is 15.0. The van der Waals surface area contributed by atoms with Crippen LogP contribution in [0.1, 0.15) is 25.1 Å². The van der Waals surface area contributed by atoms with E-state index in [1.165, 1.54) is 23.5 Å². The Morgan fingerprint density at radius 2 is 1.81 bits per heavy atom. The number of imidazole rings is 1. The maximum absolute atomic E-state index is 13.8. The third kappa shape index (κ3) is 5.72. The lowest BCUT2D eigenvalue weighted by atomic mass is 10.1. The molecule has 0 radical (unpaired) electrons. The lowest BCUT2D eigenvalue weighted by molar-refractivity contribution is -0.147. The molecule has 0 aliphatic heterocycles. The van der Waals surface area contributed by atoms with Gasteiger partial charge in [0.15, 0.2) is 0 Å². The summed E-state index contributed by atoms with van der Waals surface area (Å²) in [7, 11) is 0. The first-order chi connectivity index (χ1) is 15.1. The summed E-state index contributed by atoms with van der Waals surface area (Å²) >= 11 is 1.21. The number of rotatable bonds is 9. The SMILES string of the molecule is O=C(O)C[C@H](O)C[C@H](O)CCn1c(C(F)(F)F)nc(-c2ccc(F)cc2)c1-c1cccs1. The Morgan fingerprint density at radius 1 is 1.12 bits per heavy atom. The summed E-state index contributed by atoms with van der Waals surface area (Å²) in [5, 5.41) is 30.2. The molecule has 0 fully saturated rings. The first kappa shape index (κ1) is 23.9. The highest BCUT2D eigenvalue weighted by Gasteiger charge is 2.39. The normalized spacial score (nSPS) is 13.8. The minimum atomic E-state index is -4.79. The number of nitrogens with zero attached hydrogens (tertiary/aromatic N) is 2. The number of halogens is 4. The van der Waals surface area contributed by atoms with Gasteiger partial charge in [0.05, 0.1) is 34.9 Å². The topological polar surface area (TPSA) is 95.6 Å². The van der Waals surface area contributed by atoms with Crippen LogP contribution in [-0.2, 0) is 17.5 Å². The Morgan fingerprint density at radius 3 is 2.38 bits per heavy atom. The predicted octanol–water partition coefficient (Wildman–Crippen LogP) is 4.41. The minimum Gasteiger partial charge on any atom is -0.481 e. The maximum atomic E-state index is 13.8. The van der Waals surface area contributed by atoms with Crippen molar-refractivity contribution in [3.63, 3.8) is 0 Å². The van der Waals surface area contributed by atoms with E-state index in [0.717, 1.165) is 16.7 Å². The molecule has 0 aliphatic carbocycles. The van der Waals surface area contributed by atoms with Crippen molar-refractivity contribution in [2.24, 2.45) is 0 Å². The minimum absolute atomic E-state index is 0.0279. The monoisotopic (exact) mass is 472 g/mol. The first-order valence-electron chi connectivity index (χ1n) is 9.61. The third-order valence-electron chi connectivity index (χ3n) is 4.73. The molecule has 0 saturated carbocycles. The molecule has 0 spiro atoms. The van der Waals surface area contributed by atoms with Crippen molar-refractivity contribution in [2.45, 2.75) is 44.2 Å². The average molecular weight is 472 g/mol. The van der Waals surface area contributed by atoms with E-state index < -0.39 is 42.4 Å². The Balaban J connectivity index is 2.00. The summed E-state index contributed by atoms with van der Waals surface area (Å²) in [6.07, 6.45) is -8.38. The number of benzene rings is 1. The van der Waals surface area contributed by atoms with Crippen LogP contribution in [0.5, 0.6) is 0 Å². The fraction of sp³-hybridized carbons (Fsp3) is 0.333. The van der Waals surface area contributed by atoms with Crippen LogP contribution < -0.4 is 0 Å². The van der Waals surface area contributed by atoms with Gasteiger partial charge in [0.25, 0.3) is 0 Å². The molecule has 32 heavy (non-hydrogen) atoms. The molecule has 1 aromatic carbocycles. The molecule has 3 aromatic rings. The number of carboxylic acid groups (broad SMARTS) is 1. The van der Waals surface area contributed by atoms with Gasteiger partial charge < -0.3 is 19.9 Å². The molecule has 3 N–H and O–H groups in total. The van der Waals surface area contributed by atoms with E-state index in [1.807, 2.05) is 0 Å². The van der Waals surface area contributed by atoms with Crippen molar-refractivity contribution in [2.75, 3.05) is 0 Å². The second-order valence-electron chi connectivity index (χ2n) is 7.20. The number of alkyl halides is 3. The Labute approximate surface area is 184 Å². The van der Waals surface area contributed by atoms with E-state index in [-0.39, 0.29) is 30.8 Å². The standard InChI is InChI=1S/C21H20F4N2O4S/c22-13-5-3-12(4-6-13)18-19(16-2-1-9-32-16)27(20(26-18)21(23,24)25)8-7-14(28)10-15(29)11-17(30)31/h1-6,9,14-15,28-29H,7-8,10-11H2,(H,30,31)/t14-,15-/m1/s1. The predicted molar refractivity (Wildman–Crippen MR) is 109 cm³/mol. The number of aliphatic hydroxyl groups excluding tert-OH is 2. The fourth-order valence-electron chi connectivity index (χ4n) is 3.35. The molecule has 2 atom stereocenters. The Kier molecular flexibility index (Phi) is 7.32. The smallest absolute Gasteiger partial charge is 0.449 e. The number of carbonyl (C=O) groups is 1. The van der Waals surface area contributed by atoms with Crippen LogP contribution in [0.15, 0.2) is 41.8 Å². The van der Waals surface area contributed by atoms with Gasteiger partial charge in [-0.25, -0.2) is 9.37 Å². The number of hydrogen-bond donors (Lipinski definition) is 3. The van der Waals surface area contributed by atoms with Crippen molar-refractivity contribution in [3.8, 4) is 21.8 Å². The quantitative estimate of drug-likeness (QED) is 0.401. The summed E-state index contributed by atoms with van der Waals surface area (Å²) < 4.78 is 55.8. The van der Waals surface area contributed by atoms with Gasteiger partial charge in [-0.05, 0) is 48.6 Å². The van der Waals surface area contributed by atoms with E-state index >= 15 is 0 Å². The zero-order valence-corrected chi connectivity index (χ0v) is 17.4. The second-order valence-corrected chi connectivity index (χ2v) is 8.14. The molecule has 11 heteroatoms. The zero-order chi connectivity index (χ0) is 23.5. The van der Waals surface area contributed by atoms with Crippen molar-refractivity contribution in [3.05, 3.63) is 53.4 Å². The molecule has 2 heterocycles. The first-order valence-corrected chi connectivity index (χ1v) is 10.5. The summed E-state index contributed by atoms with van der Waals surface area (Å²) in [5.41, 5.74) is 0.508. The lowest BCUT2D eigenvalue weighted by Gasteiger charge is -2.17. The summed E-state index contributed by atoms with van der Waals surface area (Å²) in [6, 6.07) is 8.27.